The number of hydrogen-bond acceptors (Lipinski definition) is 2. The third kappa shape index (κ3) is 3.64. The molecule has 0 radical (unpaired) electrons. The van der Waals surface area contributed by atoms with Crippen molar-refractivity contribution in [2.24, 2.45) is 52.3 Å². The average molecular weight is 403 g/mol. The van der Waals surface area contributed by atoms with Crippen molar-refractivity contribution in [3.8, 4) is 0 Å². The van der Waals surface area contributed by atoms with E-state index in [1.54, 1.807) is 0 Å². The summed E-state index contributed by atoms with van der Waals surface area (Å²) in [6.07, 6.45) is 12.8. The van der Waals surface area contributed by atoms with Crippen LogP contribution >= 0.6 is 0 Å². The van der Waals surface area contributed by atoms with Gasteiger partial charge in [0.05, 0.1) is 6.10 Å². The fourth-order valence-electron chi connectivity index (χ4n) is 9.04. The largest absolute Gasteiger partial charge is 0.393 e. The number of aliphatic hydroxyl groups is 1. The fraction of sp³-hybridized carbons (Fsp3) is 0.963. The molecule has 9 atom stereocenters. The van der Waals surface area contributed by atoms with Crippen molar-refractivity contribution in [3.63, 3.8) is 0 Å². The SMILES string of the molecule is CC(C)CCCC(C)C1CCC2C3CC(=O)[C@H]4CC(O)CC[C@]4(C)C3CC[C@@]12C. The van der Waals surface area contributed by atoms with Gasteiger partial charge in [-0.05, 0) is 91.3 Å². The molecule has 4 aliphatic rings. The second-order valence-electron chi connectivity index (χ2n) is 12.6. The van der Waals surface area contributed by atoms with Crippen molar-refractivity contribution in [2.75, 3.05) is 0 Å². The van der Waals surface area contributed by atoms with E-state index >= 15 is 0 Å². The Hall–Kier alpha value is -0.370. The molecule has 4 saturated carbocycles. The van der Waals surface area contributed by atoms with Gasteiger partial charge in [-0.25, -0.2) is 0 Å². The smallest absolute Gasteiger partial charge is 0.136 e. The maximum absolute atomic E-state index is 13.2. The van der Waals surface area contributed by atoms with Crippen LogP contribution in [-0.4, -0.2) is 17.0 Å². The Morgan fingerprint density at radius 2 is 1.66 bits per heavy atom. The molecule has 2 nitrogen and oxygen atoms in total. The Morgan fingerprint density at radius 1 is 0.966 bits per heavy atom. The molecule has 0 spiro atoms. The minimum atomic E-state index is -0.245. The van der Waals surface area contributed by atoms with E-state index in [9.17, 15) is 9.90 Å². The summed E-state index contributed by atoms with van der Waals surface area (Å²) in [6, 6.07) is 0. The van der Waals surface area contributed by atoms with Crippen LogP contribution in [0.4, 0.5) is 0 Å². The van der Waals surface area contributed by atoms with Crippen LogP contribution in [0.2, 0.25) is 0 Å². The van der Waals surface area contributed by atoms with Gasteiger partial charge in [-0.3, -0.25) is 4.79 Å². The molecular formula is C27H46O2. The summed E-state index contributed by atoms with van der Waals surface area (Å²) >= 11 is 0. The van der Waals surface area contributed by atoms with Gasteiger partial charge < -0.3 is 5.11 Å². The lowest BCUT2D eigenvalue weighted by Crippen LogP contribution is -2.57. The predicted molar refractivity (Wildman–Crippen MR) is 119 cm³/mol. The third-order valence-corrected chi connectivity index (χ3v) is 10.6. The van der Waals surface area contributed by atoms with Crippen molar-refractivity contribution in [3.05, 3.63) is 0 Å². The van der Waals surface area contributed by atoms with Crippen LogP contribution in [0, 0.1) is 52.3 Å². The molecule has 0 aliphatic heterocycles. The van der Waals surface area contributed by atoms with Gasteiger partial charge >= 0.3 is 0 Å². The van der Waals surface area contributed by atoms with Crippen LogP contribution in [0.25, 0.3) is 0 Å². The molecule has 0 amide bonds. The monoisotopic (exact) mass is 402 g/mol. The van der Waals surface area contributed by atoms with Crippen LogP contribution in [0.1, 0.15) is 105 Å². The first-order valence-corrected chi connectivity index (χ1v) is 12.9. The first-order valence-electron chi connectivity index (χ1n) is 12.9. The summed E-state index contributed by atoms with van der Waals surface area (Å²) in [5, 5.41) is 10.2. The number of Topliss-reactive ketones (excluding diaryl/α,β-unsaturated/α-hetero) is 1. The maximum Gasteiger partial charge on any atom is 0.136 e. The molecule has 4 rings (SSSR count). The molecular weight excluding hydrogens is 356 g/mol. The second-order valence-corrected chi connectivity index (χ2v) is 12.6. The highest BCUT2D eigenvalue weighted by Gasteiger charge is 2.62. The molecule has 0 aromatic heterocycles. The number of rotatable bonds is 5. The van der Waals surface area contributed by atoms with Crippen molar-refractivity contribution in [1.82, 2.24) is 0 Å². The molecule has 6 unspecified atom stereocenters. The van der Waals surface area contributed by atoms with E-state index in [1.807, 2.05) is 0 Å². The maximum atomic E-state index is 13.2. The summed E-state index contributed by atoms with van der Waals surface area (Å²) in [5.74, 6) is 5.21. The standard InChI is InChI=1S/C27H46O2/c1-17(2)7-6-8-18(3)21-9-10-22-20-16-25(29)24-15-19(28)11-13-27(24,5)23(20)12-14-26(21,22)4/h17-24,28H,6-16H2,1-5H3/t18?,19?,20?,21?,22?,23?,24-,26+,27-/m1/s1. The average Bonchev–Trinajstić information content (AvgIpc) is 3.00. The molecule has 29 heavy (non-hydrogen) atoms. The van der Waals surface area contributed by atoms with Gasteiger partial charge in [0, 0.05) is 12.3 Å². The Morgan fingerprint density at radius 3 is 2.38 bits per heavy atom. The van der Waals surface area contributed by atoms with Crippen molar-refractivity contribution < 1.29 is 9.90 Å². The zero-order chi connectivity index (χ0) is 21.0. The minimum Gasteiger partial charge on any atom is -0.393 e. The van der Waals surface area contributed by atoms with Gasteiger partial charge in [-0.1, -0.05) is 53.9 Å². The van der Waals surface area contributed by atoms with Crippen LogP contribution in [0.3, 0.4) is 0 Å². The second kappa shape index (κ2) is 7.95. The normalized spacial score (nSPS) is 48.2. The molecule has 0 bridgehead atoms. The molecule has 0 aromatic rings. The molecule has 1 N–H and O–H groups in total. The summed E-state index contributed by atoms with van der Waals surface area (Å²) in [6.45, 7) is 12.2. The van der Waals surface area contributed by atoms with E-state index in [4.69, 9.17) is 0 Å². The predicted octanol–water partition coefficient (Wildman–Crippen LogP) is 6.65. The van der Waals surface area contributed by atoms with Crippen LogP contribution in [0.15, 0.2) is 0 Å². The molecule has 166 valence electrons. The number of aliphatic hydroxyl groups excluding tert-OH is 1. The highest BCUT2D eigenvalue weighted by atomic mass is 16.3. The highest BCUT2D eigenvalue weighted by Crippen LogP contribution is 2.67. The van der Waals surface area contributed by atoms with Crippen LogP contribution < -0.4 is 0 Å². The summed E-state index contributed by atoms with van der Waals surface area (Å²) in [7, 11) is 0. The van der Waals surface area contributed by atoms with Crippen LogP contribution in [0.5, 0.6) is 0 Å². The first kappa shape index (κ1) is 21.8. The van der Waals surface area contributed by atoms with E-state index in [0.717, 1.165) is 49.4 Å². The van der Waals surface area contributed by atoms with Crippen molar-refractivity contribution in [1.29, 1.82) is 0 Å². The van der Waals surface area contributed by atoms with E-state index < -0.39 is 0 Å². The van der Waals surface area contributed by atoms with Gasteiger partial charge in [0.2, 0.25) is 0 Å². The van der Waals surface area contributed by atoms with E-state index in [-0.39, 0.29) is 17.4 Å². The summed E-state index contributed by atoms with van der Waals surface area (Å²) < 4.78 is 0. The molecule has 4 aliphatic carbocycles. The lowest BCUT2D eigenvalue weighted by Gasteiger charge is -2.60. The Bertz CT molecular complexity index is 612. The minimum absolute atomic E-state index is 0.129. The van der Waals surface area contributed by atoms with E-state index in [1.165, 1.54) is 44.9 Å². The summed E-state index contributed by atoms with van der Waals surface area (Å²) in [4.78, 5) is 13.2. The van der Waals surface area contributed by atoms with Gasteiger partial charge in [-0.15, -0.1) is 0 Å². The van der Waals surface area contributed by atoms with Gasteiger partial charge in [0.15, 0.2) is 0 Å². The van der Waals surface area contributed by atoms with Gasteiger partial charge in [0.25, 0.3) is 0 Å². The topological polar surface area (TPSA) is 37.3 Å². The zero-order valence-electron chi connectivity index (χ0n) is 19.8. The Balaban J connectivity index is 1.50. The van der Waals surface area contributed by atoms with Crippen molar-refractivity contribution in [2.45, 2.75) is 111 Å². The molecule has 0 aromatic carbocycles. The van der Waals surface area contributed by atoms with E-state index in [2.05, 4.69) is 34.6 Å². The van der Waals surface area contributed by atoms with Gasteiger partial charge in [-0.2, -0.15) is 0 Å². The first-order chi connectivity index (χ1) is 13.7. The molecule has 0 heterocycles. The van der Waals surface area contributed by atoms with E-state index in [0.29, 0.717) is 23.0 Å². The quantitative estimate of drug-likeness (QED) is 0.559. The van der Waals surface area contributed by atoms with Gasteiger partial charge in [0.1, 0.15) is 5.78 Å². The lowest BCUT2D eigenvalue weighted by atomic mass is 9.44. The van der Waals surface area contributed by atoms with Crippen LogP contribution in [-0.2, 0) is 4.79 Å². The number of carbonyl (C=O) groups excluding carboxylic acids is 1. The lowest BCUT2D eigenvalue weighted by molar-refractivity contribution is -0.160. The molecule has 0 saturated heterocycles. The van der Waals surface area contributed by atoms with Crippen molar-refractivity contribution >= 4 is 5.78 Å². The third-order valence-electron chi connectivity index (χ3n) is 10.6. The molecule has 2 heteroatoms. The zero-order valence-corrected chi connectivity index (χ0v) is 19.8. The number of carbonyl (C=O) groups is 1. The number of hydrogen-bond donors (Lipinski definition) is 1. The fourth-order valence-corrected chi connectivity index (χ4v) is 9.04. The Labute approximate surface area is 179 Å². The summed E-state index contributed by atoms with van der Waals surface area (Å²) in [5.41, 5.74) is 0.609. The molecule has 4 fully saturated rings. The number of fused-ring (bicyclic) bond motifs is 5. The Kier molecular flexibility index (Phi) is 5.99. The number of ketones is 1. The highest BCUT2D eigenvalue weighted by molar-refractivity contribution is 5.83.